The van der Waals surface area contributed by atoms with Crippen molar-refractivity contribution >= 4 is 0 Å². The van der Waals surface area contributed by atoms with Gasteiger partial charge in [0.1, 0.15) is 0 Å². The average Bonchev–Trinajstić information content (AvgIpc) is 3.02. The molecule has 1 atom stereocenters. The Labute approximate surface area is 146 Å². The van der Waals surface area contributed by atoms with Crippen LogP contribution in [0.1, 0.15) is 30.0 Å². The largest absolute Gasteiger partial charge is 0.349 e. The van der Waals surface area contributed by atoms with E-state index in [0.717, 1.165) is 25.2 Å². The molecule has 2 aliphatic heterocycles. The molecular formula is C22H28N2. The topological polar surface area (TPSA) is 6.48 Å². The van der Waals surface area contributed by atoms with Crippen molar-refractivity contribution in [2.24, 2.45) is 5.92 Å². The van der Waals surface area contributed by atoms with Gasteiger partial charge in [0.2, 0.25) is 0 Å². The van der Waals surface area contributed by atoms with Crippen LogP contribution < -0.4 is 0 Å². The van der Waals surface area contributed by atoms with E-state index in [4.69, 9.17) is 0 Å². The number of aryl methyl sites for hydroxylation is 2. The summed E-state index contributed by atoms with van der Waals surface area (Å²) in [7, 11) is 0. The molecule has 2 heteroatoms. The minimum absolute atomic E-state index is 0.693. The smallest absolute Gasteiger partial charge is 0.0388 e. The Morgan fingerprint density at radius 1 is 1.17 bits per heavy atom. The van der Waals surface area contributed by atoms with Crippen LogP contribution in [0.3, 0.4) is 0 Å². The highest BCUT2D eigenvalue weighted by Crippen LogP contribution is 2.25. The monoisotopic (exact) mass is 320 g/mol. The lowest BCUT2D eigenvalue weighted by molar-refractivity contribution is 0.185. The van der Waals surface area contributed by atoms with Crippen molar-refractivity contribution in [3.8, 4) is 0 Å². The van der Waals surface area contributed by atoms with Crippen molar-refractivity contribution in [1.29, 1.82) is 0 Å². The predicted octanol–water partition coefficient (Wildman–Crippen LogP) is 3.94. The van der Waals surface area contributed by atoms with Crippen LogP contribution in [0.5, 0.6) is 0 Å². The van der Waals surface area contributed by atoms with Crippen LogP contribution in [-0.4, -0.2) is 36.0 Å². The number of piperazine rings is 1. The van der Waals surface area contributed by atoms with Crippen molar-refractivity contribution in [3.05, 3.63) is 71.1 Å². The van der Waals surface area contributed by atoms with E-state index < -0.39 is 0 Å². The van der Waals surface area contributed by atoms with Gasteiger partial charge in [-0.1, -0.05) is 31.7 Å². The molecule has 1 aliphatic carbocycles. The lowest BCUT2D eigenvalue weighted by atomic mass is 9.97. The van der Waals surface area contributed by atoms with Crippen LogP contribution in [0.4, 0.5) is 0 Å². The molecule has 0 amide bonds. The molecule has 1 aromatic rings. The number of hydrogen-bond acceptors (Lipinski definition) is 2. The van der Waals surface area contributed by atoms with E-state index in [2.05, 4.69) is 59.9 Å². The van der Waals surface area contributed by atoms with Gasteiger partial charge in [-0.05, 0) is 66.0 Å². The van der Waals surface area contributed by atoms with Gasteiger partial charge in [-0.15, -0.1) is 0 Å². The highest BCUT2D eigenvalue weighted by Gasteiger charge is 2.22. The van der Waals surface area contributed by atoms with Crippen molar-refractivity contribution in [2.45, 2.75) is 32.6 Å². The molecule has 24 heavy (non-hydrogen) atoms. The molecule has 0 saturated carbocycles. The fraction of sp³-hybridized carbons (Fsp3) is 0.455. The van der Waals surface area contributed by atoms with E-state index in [1.807, 2.05) is 0 Å². The molecule has 1 fully saturated rings. The first-order valence-corrected chi connectivity index (χ1v) is 9.35. The molecule has 0 aromatic heterocycles. The number of rotatable bonds is 4. The summed E-state index contributed by atoms with van der Waals surface area (Å²) in [5, 5.41) is 0. The molecule has 0 bridgehead atoms. The predicted molar refractivity (Wildman–Crippen MR) is 101 cm³/mol. The average molecular weight is 320 g/mol. The second-order valence-corrected chi connectivity index (χ2v) is 7.72. The summed E-state index contributed by atoms with van der Waals surface area (Å²) in [5.74, 6) is 0.693. The zero-order chi connectivity index (χ0) is 16.5. The van der Waals surface area contributed by atoms with Gasteiger partial charge in [0.25, 0.3) is 0 Å². The number of benzene rings is 1. The van der Waals surface area contributed by atoms with Crippen molar-refractivity contribution in [3.63, 3.8) is 0 Å². The minimum atomic E-state index is 0.693. The molecule has 2 nitrogen and oxygen atoms in total. The Kier molecular flexibility index (Phi) is 4.32. The summed E-state index contributed by atoms with van der Waals surface area (Å²) in [6.07, 6.45) is 11.6. The lowest BCUT2D eigenvalue weighted by Gasteiger charge is -2.38. The van der Waals surface area contributed by atoms with Gasteiger partial charge in [0, 0.05) is 38.1 Å². The Morgan fingerprint density at radius 2 is 2.04 bits per heavy atom. The van der Waals surface area contributed by atoms with Crippen LogP contribution in [0.15, 0.2) is 54.4 Å². The van der Waals surface area contributed by atoms with E-state index >= 15 is 0 Å². The molecule has 1 aromatic carbocycles. The maximum absolute atomic E-state index is 4.07. The molecule has 126 valence electrons. The molecule has 0 N–H and O–H groups in total. The number of allylic oxidation sites excluding steroid dienone is 3. The molecular weight excluding hydrogens is 292 g/mol. The Balaban J connectivity index is 1.35. The van der Waals surface area contributed by atoms with E-state index in [1.54, 1.807) is 11.1 Å². The van der Waals surface area contributed by atoms with Gasteiger partial charge in [-0.2, -0.15) is 0 Å². The lowest BCUT2D eigenvalue weighted by Crippen LogP contribution is -2.44. The second kappa shape index (κ2) is 6.60. The van der Waals surface area contributed by atoms with E-state index in [9.17, 15) is 0 Å². The van der Waals surface area contributed by atoms with Gasteiger partial charge in [0.05, 0.1) is 0 Å². The van der Waals surface area contributed by atoms with Gasteiger partial charge in [0.15, 0.2) is 0 Å². The second-order valence-electron chi connectivity index (χ2n) is 7.72. The van der Waals surface area contributed by atoms with Gasteiger partial charge >= 0.3 is 0 Å². The maximum atomic E-state index is 4.07. The minimum Gasteiger partial charge on any atom is -0.349 e. The van der Waals surface area contributed by atoms with E-state index in [1.165, 1.54) is 43.5 Å². The normalized spacial score (nSPS) is 21.5. The Morgan fingerprint density at radius 3 is 2.96 bits per heavy atom. The molecule has 3 aliphatic rings. The fourth-order valence-corrected chi connectivity index (χ4v) is 4.35. The third kappa shape index (κ3) is 3.34. The molecule has 0 radical (unpaired) electrons. The summed E-state index contributed by atoms with van der Waals surface area (Å²) in [6.45, 7) is 10.9. The zero-order valence-corrected chi connectivity index (χ0v) is 14.8. The number of hydrogen-bond donors (Lipinski definition) is 0. The highest BCUT2D eigenvalue weighted by atomic mass is 15.3. The fourth-order valence-electron chi connectivity index (χ4n) is 4.35. The SMILES string of the molecule is C=C1C=CN2CCN(CC(C)Cc3ccc4c(c3)CCC4)CC2=C1. The van der Waals surface area contributed by atoms with Crippen LogP contribution in [-0.2, 0) is 19.3 Å². The number of nitrogens with zero attached hydrogens (tertiary/aromatic N) is 2. The Bertz CT molecular complexity index is 698. The molecule has 4 rings (SSSR count). The third-order valence-corrected chi connectivity index (χ3v) is 5.55. The molecule has 1 unspecified atom stereocenters. The summed E-state index contributed by atoms with van der Waals surface area (Å²) >= 11 is 0. The standard InChI is InChI=1S/C22H28N2/c1-17-8-9-24-11-10-23(16-22(24)13-17)15-18(2)12-19-6-7-20-4-3-5-21(20)14-19/h6-9,13-14,18H,1,3-5,10-12,15-16H2,2H3. The third-order valence-electron chi connectivity index (χ3n) is 5.55. The summed E-state index contributed by atoms with van der Waals surface area (Å²) in [4.78, 5) is 4.98. The molecule has 0 spiro atoms. The molecule has 1 saturated heterocycles. The summed E-state index contributed by atoms with van der Waals surface area (Å²) < 4.78 is 0. The van der Waals surface area contributed by atoms with Crippen LogP contribution in [0.2, 0.25) is 0 Å². The summed E-state index contributed by atoms with van der Waals surface area (Å²) in [6, 6.07) is 7.19. The number of fused-ring (bicyclic) bond motifs is 2. The van der Waals surface area contributed by atoms with Crippen molar-refractivity contribution < 1.29 is 0 Å². The Hall–Kier alpha value is -1.80. The van der Waals surface area contributed by atoms with Gasteiger partial charge < -0.3 is 4.90 Å². The van der Waals surface area contributed by atoms with Crippen LogP contribution >= 0.6 is 0 Å². The first-order chi connectivity index (χ1) is 11.7. The van der Waals surface area contributed by atoms with E-state index in [0.29, 0.717) is 5.92 Å². The van der Waals surface area contributed by atoms with Crippen LogP contribution in [0.25, 0.3) is 0 Å². The van der Waals surface area contributed by atoms with Crippen LogP contribution in [0, 0.1) is 5.92 Å². The molecule has 2 heterocycles. The van der Waals surface area contributed by atoms with Gasteiger partial charge in [-0.3, -0.25) is 4.90 Å². The van der Waals surface area contributed by atoms with Crippen molar-refractivity contribution in [2.75, 3.05) is 26.2 Å². The van der Waals surface area contributed by atoms with Gasteiger partial charge in [-0.25, -0.2) is 0 Å². The zero-order valence-electron chi connectivity index (χ0n) is 14.8. The quantitative estimate of drug-likeness (QED) is 0.829. The van der Waals surface area contributed by atoms with E-state index in [-0.39, 0.29) is 0 Å². The first kappa shape index (κ1) is 15.7. The highest BCUT2D eigenvalue weighted by molar-refractivity contribution is 5.36. The summed E-state index contributed by atoms with van der Waals surface area (Å²) in [5.41, 5.74) is 7.23. The maximum Gasteiger partial charge on any atom is 0.0388 e. The first-order valence-electron chi connectivity index (χ1n) is 9.35. The van der Waals surface area contributed by atoms with Crippen molar-refractivity contribution in [1.82, 2.24) is 9.80 Å².